The molecule has 0 fully saturated rings. The number of nitro groups is 1. The van der Waals surface area contributed by atoms with Gasteiger partial charge in [-0.2, -0.15) is 5.10 Å². The van der Waals surface area contributed by atoms with Crippen LogP contribution in [-0.2, 0) is 0 Å². The van der Waals surface area contributed by atoms with Gasteiger partial charge in [-0.1, -0.05) is 24.3 Å². The first-order valence-corrected chi connectivity index (χ1v) is 7.23. The number of carbonyl (C=O) groups is 1. The van der Waals surface area contributed by atoms with Crippen LogP contribution >= 0.6 is 0 Å². The Hall–Kier alpha value is -3.68. The normalized spacial score (nSPS) is 10.9. The molecule has 0 unspecified atom stereocenters. The van der Waals surface area contributed by atoms with Crippen molar-refractivity contribution < 1.29 is 18.9 Å². The number of methoxy groups -OCH3 is 1. The van der Waals surface area contributed by atoms with Crippen LogP contribution in [-0.4, -0.2) is 24.2 Å². The molecular formula is C17H13N3O5. The summed E-state index contributed by atoms with van der Waals surface area (Å²) in [5.41, 5.74) is 3.22. The number of rotatable bonds is 5. The lowest BCUT2D eigenvalue weighted by Crippen LogP contribution is -2.16. The number of nitrogens with one attached hydrogen (secondary N) is 1. The molecule has 126 valence electrons. The van der Waals surface area contributed by atoms with E-state index in [0.29, 0.717) is 16.9 Å². The number of nitrogens with zero attached hydrogens (tertiary/aromatic N) is 2. The lowest BCUT2D eigenvalue weighted by atomic mass is 10.2. The monoisotopic (exact) mass is 339 g/mol. The molecule has 0 aliphatic heterocycles. The fraction of sp³-hybridized carbons (Fsp3) is 0.0588. The predicted octanol–water partition coefficient (Wildman–Crippen LogP) is 3.11. The van der Waals surface area contributed by atoms with Crippen molar-refractivity contribution in [3.8, 4) is 5.75 Å². The zero-order chi connectivity index (χ0) is 17.8. The number of amides is 1. The molecule has 25 heavy (non-hydrogen) atoms. The number of ether oxygens (including phenoxy) is 1. The lowest BCUT2D eigenvalue weighted by molar-refractivity contribution is -0.384. The molecule has 0 bridgehead atoms. The van der Waals surface area contributed by atoms with Gasteiger partial charge in [-0.25, -0.2) is 5.43 Å². The fourth-order valence-corrected chi connectivity index (χ4v) is 2.25. The van der Waals surface area contributed by atoms with Crippen LogP contribution in [0.25, 0.3) is 11.0 Å². The SMILES string of the molecule is COc1cccc2cc(C(=O)N/N=C\c3cccc([N+](=O)[O-])c3)oc12. The zero-order valence-corrected chi connectivity index (χ0v) is 13.1. The first-order valence-electron chi connectivity index (χ1n) is 7.23. The minimum atomic E-state index is -0.542. The molecule has 1 aromatic heterocycles. The predicted molar refractivity (Wildman–Crippen MR) is 90.9 cm³/mol. The van der Waals surface area contributed by atoms with Gasteiger partial charge >= 0.3 is 5.91 Å². The van der Waals surface area contributed by atoms with Crippen molar-refractivity contribution in [2.75, 3.05) is 7.11 Å². The molecule has 8 heteroatoms. The second kappa shape index (κ2) is 6.83. The molecule has 0 aliphatic rings. The molecular weight excluding hydrogens is 326 g/mol. The summed E-state index contributed by atoms with van der Waals surface area (Å²) in [6.45, 7) is 0. The van der Waals surface area contributed by atoms with E-state index in [1.807, 2.05) is 0 Å². The van der Waals surface area contributed by atoms with Crippen molar-refractivity contribution >= 4 is 28.8 Å². The van der Waals surface area contributed by atoms with Gasteiger partial charge in [-0.05, 0) is 12.1 Å². The van der Waals surface area contributed by atoms with Crippen molar-refractivity contribution in [1.82, 2.24) is 5.43 Å². The van der Waals surface area contributed by atoms with E-state index in [1.54, 1.807) is 30.3 Å². The number of hydrogen-bond acceptors (Lipinski definition) is 6. The molecule has 1 amide bonds. The summed E-state index contributed by atoms with van der Waals surface area (Å²) in [6, 6.07) is 12.8. The third-order valence-electron chi connectivity index (χ3n) is 3.41. The molecule has 0 spiro atoms. The van der Waals surface area contributed by atoms with Crippen LogP contribution in [0, 0.1) is 10.1 Å². The first kappa shape index (κ1) is 16.2. The van der Waals surface area contributed by atoms with Gasteiger partial charge in [0.15, 0.2) is 17.1 Å². The van der Waals surface area contributed by atoms with Crippen LogP contribution in [0.2, 0.25) is 0 Å². The number of hydrazone groups is 1. The average molecular weight is 339 g/mol. The largest absolute Gasteiger partial charge is 0.493 e. The van der Waals surface area contributed by atoms with Gasteiger partial charge in [-0.15, -0.1) is 0 Å². The third kappa shape index (κ3) is 3.47. The number of hydrogen-bond donors (Lipinski definition) is 1. The van der Waals surface area contributed by atoms with E-state index >= 15 is 0 Å². The Labute approximate surface area is 141 Å². The highest BCUT2D eigenvalue weighted by Gasteiger charge is 2.14. The Morgan fingerprint density at radius 1 is 1.28 bits per heavy atom. The molecule has 0 saturated heterocycles. The van der Waals surface area contributed by atoms with E-state index in [2.05, 4.69) is 10.5 Å². The first-order chi connectivity index (χ1) is 12.1. The number of para-hydroxylation sites is 1. The van der Waals surface area contributed by atoms with Gasteiger partial charge in [0.25, 0.3) is 5.69 Å². The lowest BCUT2D eigenvalue weighted by Gasteiger charge is -1.98. The Bertz CT molecular complexity index is 977. The summed E-state index contributed by atoms with van der Waals surface area (Å²) in [4.78, 5) is 22.3. The fourth-order valence-electron chi connectivity index (χ4n) is 2.25. The molecule has 1 N–H and O–H groups in total. The van der Waals surface area contributed by atoms with Crippen LogP contribution in [0.5, 0.6) is 5.75 Å². The minimum Gasteiger partial charge on any atom is -0.493 e. The second-order valence-electron chi connectivity index (χ2n) is 5.04. The van der Waals surface area contributed by atoms with E-state index in [9.17, 15) is 14.9 Å². The molecule has 3 aromatic rings. The van der Waals surface area contributed by atoms with E-state index in [0.717, 1.165) is 5.39 Å². The summed E-state index contributed by atoms with van der Waals surface area (Å²) in [7, 11) is 1.51. The highest BCUT2D eigenvalue weighted by molar-refractivity contribution is 5.97. The summed E-state index contributed by atoms with van der Waals surface area (Å²) in [6.07, 6.45) is 1.31. The number of carbonyl (C=O) groups excluding carboxylic acids is 1. The summed E-state index contributed by atoms with van der Waals surface area (Å²) >= 11 is 0. The minimum absolute atomic E-state index is 0.0559. The van der Waals surface area contributed by atoms with Crippen molar-refractivity contribution in [3.05, 3.63) is 70.0 Å². The van der Waals surface area contributed by atoms with Crippen LogP contribution in [0.1, 0.15) is 16.1 Å². The second-order valence-corrected chi connectivity index (χ2v) is 5.04. The molecule has 0 aliphatic carbocycles. The zero-order valence-electron chi connectivity index (χ0n) is 13.1. The number of fused-ring (bicyclic) bond motifs is 1. The van der Waals surface area contributed by atoms with Gasteiger partial charge in [0.1, 0.15) is 0 Å². The molecule has 1 heterocycles. The van der Waals surface area contributed by atoms with E-state index < -0.39 is 10.8 Å². The maximum atomic E-state index is 12.1. The Morgan fingerprint density at radius 3 is 2.84 bits per heavy atom. The summed E-state index contributed by atoms with van der Waals surface area (Å²) < 4.78 is 10.7. The van der Waals surface area contributed by atoms with Crippen molar-refractivity contribution in [2.45, 2.75) is 0 Å². The number of benzene rings is 2. The Kier molecular flexibility index (Phi) is 4.42. The standard InChI is InChI=1S/C17H13N3O5/c1-24-14-7-3-5-12-9-15(25-16(12)14)17(21)19-18-10-11-4-2-6-13(8-11)20(22)23/h2-10H,1H3,(H,19,21)/b18-10-. The van der Waals surface area contributed by atoms with Crippen LogP contribution in [0.15, 0.2) is 58.0 Å². The van der Waals surface area contributed by atoms with Crippen LogP contribution in [0.3, 0.4) is 0 Å². The number of non-ortho nitro benzene ring substituents is 1. The third-order valence-corrected chi connectivity index (χ3v) is 3.41. The summed E-state index contributed by atoms with van der Waals surface area (Å²) in [5, 5.41) is 15.2. The molecule has 0 radical (unpaired) electrons. The van der Waals surface area contributed by atoms with Crippen LogP contribution in [0.4, 0.5) is 5.69 Å². The maximum Gasteiger partial charge on any atom is 0.307 e. The molecule has 2 aromatic carbocycles. The topological polar surface area (TPSA) is 107 Å². The Balaban J connectivity index is 1.74. The maximum absolute atomic E-state index is 12.1. The van der Waals surface area contributed by atoms with E-state index in [4.69, 9.17) is 9.15 Å². The number of nitro benzene ring substituents is 1. The van der Waals surface area contributed by atoms with Crippen molar-refractivity contribution in [1.29, 1.82) is 0 Å². The molecule has 8 nitrogen and oxygen atoms in total. The van der Waals surface area contributed by atoms with Gasteiger partial charge in [-0.3, -0.25) is 14.9 Å². The highest BCUT2D eigenvalue weighted by atomic mass is 16.6. The smallest absolute Gasteiger partial charge is 0.307 e. The average Bonchev–Trinajstić information content (AvgIpc) is 3.06. The van der Waals surface area contributed by atoms with Crippen molar-refractivity contribution in [3.63, 3.8) is 0 Å². The quantitative estimate of drug-likeness (QED) is 0.436. The molecule has 0 atom stereocenters. The van der Waals surface area contributed by atoms with E-state index in [1.165, 1.54) is 31.5 Å². The Morgan fingerprint density at radius 2 is 2.08 bits per heavy atom. The van der Waals surface area contributed by atoms with Gasteiger partial charge in [0, 0.05) is 23.1 Å². The van der Waals surface area contributed by atoms with Gasteiger partial charge in [0.05, 0.1) is 18.2 Å². The van der Waals surface area contributed by atoms with Crippen LogP contribution < -0.4 is 10.2 Å². The highest BCUT2D eigenvalue weighted by Crippen LogP contribution is 2.28. The van der Waals surface area contributed by atoms with Gasteiger partial charge < -0.3 is 9.15 Å². The molecule has 3 rings (SSSR count). The molecule has 0 saturated carbocycles. The number of furan rings is 1. The summed E-state index contributed by atoms with van der Waals surface area (Å²) in [5.74, 6) is 0.0623. The van der Waals surface area contributed by atoms with E-state index in [-0.39, 0.29) is 11.4 Å². The van der Waals surface area contributed by atoms with Crippen molar-refractivity contribution in [2.24, 2.45) is 5.10 Å². The van der Waals surface area contributed by atoms with Gasteiger partial charge in [0.2, 0.25) is 0 Å².